The zero-order valence-corrected chi connectivity index (χ0v) is 19.8. The highest BCUT2D eigenvalue weighted by atomic mass is 35.5. The van der Waals surface area contributed by atoms with Gasteiger partial charge in [-0.05, 0) is 56.0 Å². The molecule has 0 saturated carbocycles. The van der Waals surface area contributed by atoms with Crippen molar-refractivity contribution in [2.45, 2.75) is 39.8 Å². The van der Waals surface area contributed by atoms with Crippen LogP contribution >= 0.6 is 11.6 Å². The molecule has 0 radical (unpaired) electrons. The molecule has 170 valence electrons. The van der Waals surface area contributed by atoms with Gasteiger partial charge in [0.05, 0.1) is 11.1 Å². The van der Waals surface area contributed by atoms with E-state index >= 15 is 0 Å². The molecule has 1 N–H and O–H groups in total. The lowest BCUT2D eigenvalue weighted by Crippen LogP contribution is -2.37. The monoisotopic (exact) mass is 462 g/mol. The number of nitrogens with one attached hydrogen (secondary N) is 1. The van der Waals surface area contributed by atoms with Crippen LogP contribution in [-0.4, -0.2) is 33.3 Å². The van der Waals surface area contributed by atoms with Crippen LogP contribution < -0.4 is 10.1 Å². The Morgan fingerprint density at radius 2 is 1.88 bits per heavy atom. The highest BCUT2D eigenvalue weighted by Gasteiger charge is 2.20. The molecule has 0 bridgehead atoms. The molecule has 0 spiro atoms. The summed E-state index contributed by atoms with van der Waals surface area (Å²) in [5.74, 6) is 0.212. The van der Waals surface area contributed by atoms with Gasteiger partial charge in [0, 0.05) is 24.2 Å². The summed E-state index contributed by atoms with van der Waals surface area (Å²) in [6, 6.07) is 19.6. The minimum absolute atomic E-state index is 0.188. The van der Waals surface area contributed by atoms with E-state index in [4.69, 9.17) is 21.3 Å². The molecule has 1 amide bonds. The van der Waals surface area contributed by atoms with E-state index in [1.807, 2.05) is 79.2 Å². The normalized spacial score (nSPS) is 12.0. The Bertz CT molecular complexity index is 1250. The van der Waals surface area contributed by atoms with Gasteiger partial charge in [0.15, 0.2) is 11.8 Å². The van der Waals surface area contributed by atoms with Crippen LogP contribution in [0.5, 0.6) is 5.88 Å². The number of aromatic nitrogens is 3. The number of benzene rings is 2. The molecule has 0 aliphatic carbocycles. The van der Waals surface area contributed by atoms with Crippen LogP contribution in [0.2, 0.25) is 5.02 Å². The molecule has 2 aromatic heterocycles. The molecular formula is C26H27ClN4O2. The van der Waals surface area contributed by atoms with Crippen molar-refractivity contribution in [1.29, 1.82) is 0 Å². The van der Waals surface area contributed by atoms with Gasteiger partial charge in [-0.1, -0.05) is 54.1 Å². The fourth-order valence-electron chi connectivity index (χ4n) is 3.82. The van der Waals surface area contributed by atoms with E-state index in [-0.39, 0.29) is 5.91 Å². The predicted molar refractivity (Wildman–Crippen MR) is 132 cm³/mol. The van der Waals surface area contributed by atoms with Crippen molar-refractivity contribution in [3.63, 3.8) is 0 Å². The molecule has 0 unspecified atom stereocenters. The topological polar surface area (TPSA) is 69.0 Å². The first-order valence-corrected chi connectivity index (χ1v) is 11.5. The Kier molecular flexibility index (Phi) is 6.94. The maximum atomic E-state index is 12.6. The largest absolute Gasteiger partial charge is 0.464 e. The van der Waals surface area contributed by atoms with E-state index < -0.39 is 6.10 Å². The molecule has 2 aromatic carbocycles. The summed E-state index contributed by atoms with van der Waals surface area (Å²) < 4.78 is 7.85. The van der Waals surface area contributed by atoms with Crippen molar-refractivity contribution in [1.82, 2.24) is 20.1 Å². The van der Waals surface area contributed by atoms with Crippen LogP contribution in [0.4, 0.5) is 0 Å². The van der Waals surface area contributed by atoms with Crippen LogP contribution in [0, 0.1) is 6.92 Å². The Hall–Kier alpha value is -3.38. The summed E-state index contributed by atoms with van der Waals surface area (Å²) in [5, 5.41) is 9.26. The van der Waals surface area contributed by atoms with Gasteiger partial charge in [-0.25, -0.2) is 4.68 Å². The average Bonchev–Trinajstić information content (AvgIpc) is 3.15. The second-order valence-electron chi connectivity index (χ2n) is 7.90. The Labute approximate surface area is 198 Å². The van der Waals surface area contributed by atoms with Crippen molar-refractivity contribution in [2.75, 3.05) is 6.54 Å². The number of hydrogen-bond acceptors (Lipinski definition) is 4. The summed E-state index contributed by atoms with van der Waals surface area (Å²) in [7, 11) is 0. The van der Waals surface area contributed by atoms with E-state index in [0.29, 0.717) is 30.4 Å². The number of pyridine rings is 1. The van der Waals surface area contributed by atoms with Crippen LogP contribution in [0.15, 0.2) is 60.7 Å². The van der Waals surface area contributed by atoms with Crippen LogP contribution in [0.1, 0.15) is 25.1 Å². The maximum Gasteiger partial charge on any atom is 0.260 e. The smallest absolute Gasteiger partial charge is 0.260 e. The Morgan fingerprint density at radius 3 is 2.58 bits per heavy atom. The van der Waals surface area contributed by atoms with E-state index in [9.17, 15) is 4.79 Å². The second-order valence-corrected chi connectivity index (χ2v) is 8.34. The number of nitrogens with zero attached hydrogens (tertiary/aromatic N) is 3. The third kappa shape index (κ3) is 5.17. The summed E-state index contributed by atoms with van der Waals surface area (Å²) in [6.07, 6.45) is 0.0235. The summed E-state index contributed by atoms with van der Waals surface area (Å²) in [5.41, 5.74) is 4.81. The first-order valence-electron chi connectivity index (χ1n) is 11.1. The van der Waals surface area contributed by atoms with Crippen LogP contribution in [0.25, 0.3) is 22.2 Å². The van der Waals surface area contributed by atoms with Gasteiger partial charge in [-0.3, -0.25) is 4.79 Å². The molecule has 6 nitrogen and oxygen atoms in total. The van der Waals surface area contributed by atoms with Crippen molar-refractivity contribution in [3.05, 3.63) is 76.9 Å². The molecule has 0 aliphatic rings. The van der Waals surface area contributed by atoms with Gasteiger partial charge in [-0.2, -0.15) is 10.1 Å². The highest BCUT2D eigenvalue weighted by Crippen LogP contribution is 2.33. The van der Waals surface area contributed by atoms with Crippen molar-refractivity contribution < 1.29 is 9.53 Å². The first kappa shape index (κ1) is 22.8. The van der Waals surface area contributed by atoms with Gasteiger partial charge in [-0.15, -0.1) is 0 Å². The number of fused-ring (bicyclic) bond motifs is 1. The van der Waals surface area contributed by atoms with E-state index in [1.54, 1.807) is 6.92 Å². The van der Waals surface area contributed by atoms with Crippen molar-refractivity contribution in [3.8, 4) is 17.0 Å². The summed E-state index contributed by atoms with van der Waals surface area (Å²) in [4.78, 5) is 17.3. The number of ether oxygens (including phenoxy) is 1. The number of rotatable bonds is 8. The van der Waals surface area contributed by atoms with E-state index in [1.165, 1.54) is 0 Å². The molecule has 2 heterocycles. The lowest BCUT2D eigenvalue weighted by Gasteiger charge is -2.15. The second kappa shape index (κ2) is 10.0. The third-order valence-corrected chi connectivity index (χ3v) is 5.78. The minimum atomic E-state index is -0.692. The van der Waals surface area contributed by atoms with E-state index in [2.05, 4.69) is 10.4 Å². The van der Waals surface area contributed by atoms with Gasteiger partial charge in [0.1, 0.15) is 0 Å². The van der Waals surface area contributed by atoms with Gasteiger partial charge < -0.3 is 10.1 Å². The molecule has 4 rings (SSSR count). The molecule has 0 aliphatic heterocycles. The fourth-order valence-corrected chi connectivity index (χ4v) is 3.94. The molecule has 4 aromatic rings. The summed E-state index contributed by atoms with van der Waals surface area (Å²) in [6.45, 7) is 6.95. The van der Waals surface area contributed by atoms with Gasteiger partial charge in [0.2, 0.25) is 5.88 Å². The van der Waals surface area contributed by atoms with Crippen LogP contribution in [0.3, 0.4) is 0 Å². The quantitative estimate of drug-likeness (QED) is 0.390. The molecule has 33 heavy (non-hydrogen) atoms. The molecule has 0 fully saturated rings. The van der Waals surface area contributed by atoms with Crippen molar-refractivity contribution in [2.24, 2.45) is 0 Å². The number of carbonyl (C=O) groups is 1. The predicted octanol–water partition coefficient (Wildman–Crippen LogP) is 5.21. The zero-order chi connectivity index (χ0) is 23.4. The number of carbonyl (C=O) groups excluding carboxylic acids is 1. The lowest BCUT2D eigenvalue weighted by atomic mass is 10.0. The summed E-state index contributed by atoms with van der Waals surface area (Å²) >= 11 is 5.92. The molecular weight excluding hydrogens is 436 g/mol. The number of amides is 1. The Balaban J connectivity index is 1.52. The standard InChI is InChI=1S/C26H27ClN4O2/c1-4-31-25-24(17(2)30-31)22(20-8-6-5-7-9-20)16-23(29-25)33-18(3)26(32)28-15-14-19-10-12-21(27)13-11-19/h5-13,16,18H,4,14-15H2,1-3H3,(H,28,32)/t18-/m0/s1. The van der Waals surface area contributed by atoms with Gasteiger partial charge in [0.25, 0.3) is 5.91 Å². The van der Waals surface area contributed by atoms with E-state index in [0.717, 1.165) is 33.4 Å². The Morgan fingerprint density at radius 1 is 1.15 bits per heavy atom. The number of halogens is 1. The molecule has 1 atom stereocenters. The number of aryl methyl sites for hydroxylation is 2. The maximum absolute atomic E-state index is 12.6. The first-order chi connectivity index (χ1) is 16.0. The minimum Gasteiger partial charge on any atom is -0.464 e. The van der Waals surface area contributed by atoms with Gasteiger partial charge >= 0.3 is 0 Å². The molecule has 7 heteroatoms. The van der Waals surface area contributed by atoms with Crippen molar-refractivity contribution >= 4 is 28.5 Å². The average molecular weight is 463 g/mol. The van der Waals surface area contributed by atoms with Crippen LogP contribution in [-0.2, 0) is 17.8 Å². The number of hydrogen-bond donors (Lipinski definition) is 1. The highest BCUT2D eigenvalue weighted by molar-refractivity contribution is 6.30. The zero-order valence-electron chi connectivity index (χ0n) is 19.0. The lowest BCUT2D eigenvalue weighted by molar-refractivity contribution is -0.127. The third-order valence-electron chi connectivity index (χ3n) is 5.53. The molecule has 0 saturated heterocycles. The SMILES string of the molecule is CCn1nc(C)c2c(-c3ccccc3)cc(O[C@@H](C)C(=O)NCCc3ccc(Cl)cc3)nc21. The fraction of sp³-hybridized carbons (Fsp3) is 0.269.